The van der Waals surface area contributed by atoms with Gasteiger partial charge in [-0.2, -0.15) is 0 Å². The topological polar surface area (TPSA) is 38.3 Å². The highest BCUT2D eigenvalue weighted by Crippen LogP contribution is 2.25. The van der Waals surface area contributed by atoms with Gasteiger partial charge in [0.2, 0.25) is 0 Å². The number of ether oxygens (including phenoxy) is 1. The summed E-state index contributed by atoms with van der Waals surface area (Å²) in [7, 11) is 0. The molecule has 26 heavy (non-hydrogen) atoms. The Bertz CT molecular complexity index is 900. The number of anilines is 1. The molecule has 3 aromatic rings. The molecular weight excluding hydrogens is 397 g/mol. The number of hydrogen-bond acceptors (Lipinski definition) is 2. The first-order valence-electron chi connectivity index (χ1n) is 8.15. The van der Waals surface area contributed by atoms with Gasteiger partial charge in [-0.25, -0.2) is 4.39 Å². The van der Waals surface area contributed by atoms with Crippen LogP contribution < -0.4 is 10.1 Å². The fourth-order valence-electron chi connectivity index (χ4n) is 2.48. The zero-order valence-corrected chi connectivity index (χ0v) is 15.5. The molecule has 0 aromatic heterocycles. The Hall–Kier alpha value is -2.66. The standard InChI is InChI=1S/C21H17BrFNO2/c22-16-10-11-17(18(23)14-16)21(25)24-19-8-4-5-9-20(19)26-13-12-15-6-2-1-3-7-15/h1-11,14H,12-13H2,(H,24,25). The zero-order chi connectivity index (χ0) is 18.4. The summed E-state index contributed by atoms with van der Waals surface area (Å²) in [5.74, 6) is -0.553. The highest BCUT2D eigenvalue weighted by atomic mass is 79.9. The third-order valence-corrected chi connectivity index (χ3v) is 4.30. The summed E-state index contributed by atoms with van der Waals surface area (Å²) in [5, 5.41) is 2.72. The maximum absolute atomic E-state index is 14.0. The first-order chi connectivity index (χ1) is 12.6. The Morgan fingerprint density at radius 1 is 1.00 bits per heavy atom. The smallest absolute Gasteiger partial charge is 0.258 e. The molecule has 0 atom stereocenters. The second-order valence-electron chi connectivity index (χ2n) is 5.66. The quantitative estimate of drug-likeness (QED) is 0.582. The summed E-state index contributed by atoms with van der Waals surface area (Å²) in [6, 6.07) is 21.4. The molecule has 0 unspecified atom stereocenters. The van der Waals surface area contributed by atoms with Gasteiger partial charge in [-0.15, -0.1) is 0 Å². The van der Waals surface area contributed by atoms with Crippen molar-refractivity contribution in [3.8, 4) is 5.75 Å². The fraction of sp³-hybridized carbons (Fsp3) is 0.0952. The first kappa shape index (κ1) is 18.1. The molecule has 0 saturated carbocycles. The van der Waals surface area contributed by atoms with E-state index in [9.17, 15) is 9.18 Å². The number of halogens is 2. The van der Waals surface area contributed by atoms with Crippen molar-refractivity contribution in [1.29, 1.82) is 0 Å². The number of nitrogens with one attached hydrogen (secondary N) is 1. The second-order valence-corrected chi connectivity index (χ2v) is 6.57. The molecular formula is C21H17BrFNO2. The minimum Gasteiger partial charge on any atom is -0.491 e. The van der Waals surface area contributed by atoms with Gasteiger partial charge < -0.3 is 10.1 Å². The lowest BCUT2D eigenvalue weighted by atomic mass is 10.2. The molecule has 0 aliphatic rings. The lowest BCUT2D eigenvalue weighted by molar-refractivity contribution is 0.102. The molecule has 0 spiro atoms. The second kappa shape index (κ2) is 8.63. The summed E-state index contributed by atoms with van der Waals surface area (Å²) >= 11 is 3.18. The van der Waals surface area contributed by atoms with Crippen molar-refractivity contribution in [2.75, 3.05) is 11.9 Å². The minimum atomic E-state index is -0.584. The van der Waals surface area contributed by atoms with Crippen molar-refractivity contribution in [3.63, 3.8) is 0 Å². The maximum Gasteiger partial charge on any atom is 0.258 e. The van der Waals surface area contributed by atoms with Gasteiger partial charge in [-0.1, -0.05) is 58.4 Å². The van der Waals surface area contributed by atoms with E-state index in [0.717, 1.165) is 6.42 Å². The van der Waals surface area contributed by atoms with Crippen molar-refractivity contribution in [3.05, 3.63) is 94.2 Å². The average molecular weight is 414 g/mol. The van der Waals surface area contributed by atoms with Crippen molar-refractivity contribution in [2.24, 2.45) is 0 Å². The summed E-state index contributed by atoms with van der Waals surface area (Å²) in [5.41, 5.74) is 1.66. The van der Waals surface area contributed by atoms with E-state index in [1.165, 1.54) is 17.7 Å². The van der Waals surface area contributed by atoms with Crippen LogP contribution in [-0.2, 0) is 6.42 Å². The Kier molecular flexibility index (Phi) is 6.02. The van der Waals surface area contributed by atoms with Crippen LogP contribution in [0, 0.1) is 5.82 Å². The van der Waals surface area contributed by atoms with Gasteiger partial charge in [0.05, 0.1) is 17.9 Å². The number of amides is 1. The van der Waals surface area contributed by atoms with Gasteiger partial charge in [0.25, 0.3) is 5.91 Å². The van der Waals surface area contributed by atoms with Crippen molar-refractivity contribution in [2.45, 2.75) is 6.42 Å². The average Bonchev–Trinajstić information content (AvgIpc) is 2.64. The van der Waals surface area contributed by atoms with E-state index >= 15 is 0 Å². The Labute approximate surface area is 159 Å². The van der Waals surface area contributed by atoms with Gasteiger partial charge in [0.1, 0.15) is 11.6 Å². The van der Waals surface area contributed by atoms with Crippen molar-refractivity contribution < 1.29 is 13.9 Å². The minimum absolute atomic E-state index is 0.0210. The van der Waals surface area contributed by atoms with Gasteiger partial charge in [-0.05, 0) is 35.9 Å². The molecule has 5 heteroatoms. The molecule has 3 nitrogen and oxygen atoms in total. The molecule has 1 amide bonds. The van der Waals surface area contributed by atoms with Crippen LogP contribution in [0.1, 0.15) is 15.9 Å². The van der Waals surface area contributed by atoms with E-state index < -0.39 is 11.7 Å². The Balaban J connectivity index is 1.67. The van der Waals surface area contributed by atoms with Crippen LogP contribution >= 0.6 is 15.9 Å². The predicted molar refractivity (Wildman–Crippen MR) is 104 cm³/mol. The van der Waals surface area contributed by atoms with Crippen LogP contribution in [0.3, 0.4) is 0 Å². The fourth-order valence-corrected chi connectivity index (χ4v) is 2.82. The van der Waals surface area contributed by atoms with E-state index in [1.807, 2.05) is 36.4 Å². The monoisotopic (exact) mass is 413 g/mol. The molecule has 0 aliphatic heterocycles. The third kappa shape index (κ3) is 4.70. The van der Waals surface area contributed by atoms with E-state index in [2.05, 4.69) is 21.2 Å². The van der Waals surface area contributed by atoms with Gasteiger partial charge in [-0.3, -0.25) is 4.79 Å². The Morgan fingerprint density at radius 3 is 2.50 bits per heavy atom. The van der Waals surface area contributed by atoms with Gasteiger partial charge >= 0.3 is 0 Å². The third-order valence-electron chi connectivity index (χ3n) is 3.80. The highest BCUT2D eigenvalue weighted by Gasteiger charge is 2.14. The molecule has 0 radical (unpaired) electrons. The SMILES string of the molecule is O=C(Nc1ccccc1OCCc1ccccc1)c1ccc(Br)cc1F. The van der Waals surface area contributed by atoms with Crippen LogP contribution in [0.4, 0.5) is 10.1 Å². The van der Waals surface area contributed by atoms with E-state index in [-0.39, 0.29) is 5.56 Å². The highest BCUT2D eigenvalue weighted by molar-refractivity contribution is 9.10. The van der Waals surface area contributed by atoms with Crippen LogP contribution in [0.15, 0.2) is 77.3 Å². The zero-order valence-electron chi connectivity index (χ0n) is 13.9. The van der Waals surface area contributed by atoms with E-state index in [0.29, 0.717) is 22.5 Å². The molecule has 0 fully saturated rings. The van der Waals surface area contributed by atoms with Gasteiger partial charge in [0.15, 0.2) is 0 Å². The van der Waals surface area contributed by atoms with Crippen LogP contribution in [0.25, 0.3) is 0 Å². The number of carbonyl (C=O) groups excluding carboxylic acids is 1. The van der Waals surface area contributed by atoms with Crippen molar-refractivity contribution in [1.82, 2.24) is 0 Å². The molecule has 132 valence electrons. The van der Waals surface area contributed by atoms with Crippen LogP contribution in [0.5, 0.6) is 5.75 Å². The van der Waals surface area contributed by atoms with Crippen molar-refractivity contribution >= 4 is 27.5 Å². The first-order valence-corrected chi connectivity index (χ1v) is 8.95. The van der Waals surface area contributed by atoms with Gasteiger partial charge in [0, 0.05) is 10.9 Å². The molecule has 3 aromatic carbocycles. The summed E-state index contributed by atoms with van der Waals surface area (Å²) in [6.07, 6.45) is 0.754. The maximum atomic E-state index is 14.0. The summed E-state index contributed by atoms with van der Waals surface area (Å²) in [4.78, 5) is 12.4. The lowest BCUT2D eigenvalue weighted by Crippen LogP contribution is -2.15. The molecule has 0 saturated heterocycles. The lowest BCUT2D eigenvalue weighted by Gasteiger charge is -2.13. The van der Waals surface area contributed by atoms with Crippen LogP contribution in [0.2, 0.25) is 0 Å². The van der Waals surface area contributed by atoms with Crippen LogP contribution in [-0.4, -0.2) is 12.5 Å². The number of carbonyl (C=O) groups is 1. The number of para-hydroxylation sites is 2. The summed E-state index contributed by atoms with van der Waals surface area (Å²) in [6.45, 7) is 0.476. The van der Waals surface area contributed by atoms with E-state index in [1.54, 1.807) is 24.3 Å². The molecule has 0 bridgehead atoms. The molecule has 3 rings (SSSR count). The number of hydrogen-bond donors (Lipinski definition) is 1. The predicted octanol–water partition coefficient (Wildman–Crippen LogP) is 5.46. The summed E-state index contributed by atoms with van der Waals surface area (Å²) < 4.78 is 20.4. The normalized spacial score (nSPS) is 10.4. The molecule has 1 N–H and O–H groups in total. The number of rotatable bonds is 6. The molecule has 0 aliphatic carbocycles. The largest absolute Gasteiger partial charge is 0.491 e. The number of benzene rings is 3. The van der Waals surface area contributed by atoms with E-state index in [4.69, 9.17) is 4.74 Å². The molecule has 0 heterocycles. The Morgan fingerprint density at radius 2 is 1.73 bits per heavy atom.